The quantitative estimate of drug-likeness (QED) is 0.833. The number of benzene rings is 1. The van der Waals surface area contributed by atoms with Crippen molar-refractivity contribution in [2.75, 3.05) is 13.1 Å². The molecule has 1 N–H and O–H groups in total. The normalized spacial score (nSPS) is 24.7. The third-order valence-corrected chi connectivity index (χ3v) is 4.35. The third-order valence-electron chi connectivity index (χ3n) is 4.35. The fourth-order valence-electron chi connectivity index (χ4n) is 3.35. The summed E-state index contributed by atoms with van der Waals surface area (Å²) in [7, 11) is 0. The van der Waals surface area contributed by atoms with Gasteiger partial charge in [0.2, 0.25) is 0 Å². The predicted octanol–water partition coefficient (Wildman–Crippen LogP) is 3.46. The van der Waals surface area contributed by atoms with E-state index in [4.69, 9.17) is 6.42 Å². The molecule has 3 unspecified atom stereocenters. The standard InChI is InChI=1S/C19H28N2/c1-5-18(6-2)21-14-17(12-15(3)4)20-13-19(21)16-10-8-7-9-11-16/h1,7-11,15,17-20H,6,12-14H2,2-4H3. The molecule has 0 aliphatic carbocycles. The zero-order valence-electron chi connectivity index (χ0n) is 13.5. The monoisotopic (exact) mass is 284 g/mol. The molecule has 0 amide bonds. The molecule has 0 spiro atoms. The molecule has 0 saturated carbocycles. The number of terminal acetylenes is 1. The molecule has 0 aromatic heterocycles. The number of hydrogen-bond acceptors (Lipinski definition) is 2. The van der Waals surface area contributed by atoms with Crippen LogP contribution in [0.4, 0.5) is 0 Å². The largest absolute Gasteiger partial charge is 0.311 e. The molecule has 114 valence electrons. The fourth-order valence-corrected chi connectivity index (χ4v) is 3.35. The Morgan fingerprint density at radius 3 is 2.62 bits per heavy atom. The summed E-state index contributed by atoms with van der Waals surface area (Å²) >= 11 is 0. The molecule has 1 fully saturated rings. The first-order valence-electron chi connectivity index (χ1n) is 8.15. The first-order chi connectivity index (χ1) is 10.2. The van der Waals surface area contributed by atoms with Gasteiger partial charge in [-0.1, -0.05) is 57.0 Å². The lowest BCUT2D eigenvalue weighted by Gasteiger charge is -2.43. The maximum Gasteiger partial charge on any atom is 0.0715 e. The highest BCUT2D eigenvalue weighted by Crippen LogP contribution is 2.28. The first-order valence-corrected chi connectivity index (χ1v) is 8.15. The van der Waals surface area contributed by atoms with Crippen molar-refractivity contribution in [1.29, 1.82) is 0 Å². The third kappa shape index (κ3) is 4.09. The van der Waals surface area contributed by atoms with E-state index in [0.717, 1.165) is 19.5 Å². The average Bonchev–Trinajstić information content (AvgIpc) is 2.49. The van der Waals surface area contributed by atoms with Crippen molar-refractivity contribution in [3.63, 3.8) is 0 Å². The van der Waals surface area contributed by atoms with Crippen molar-refractivity contribution in [1.82, 2.24) is 10.2 Å². The van der Waals surface area contributed by atoms with E-state index in [1.165, 1.54) is 12.0 Å². The van der Waals surface area contributed by atoms with E-state index in [0.29, 0.717) is 18.0 Å². The second kappa shape index (κ2) is 7.64. The van der Waals surface area contributed by atoms with Crippen molar-refractivity contribution in [3.05, 3.63) is 35.9 Å². The van der Waals surface area contributed by atoms with Gasteiger partial charge in [0.15, 0.2) is 0 Å². The van der Waals surface area contributed by atoms with E-state index < -0.39 is 0 Å². The molecule has 21 heavy (non-hydrogen) atoms. The van der Waals surface area contributed by atoms with Gasteiger partial charge in [-0.3, -0.25) is 4.90 Å². The minimum atomic E-state index is 0.229. The molecule has 1 saturated heterocycles. The van der Waals surface area contributed by atoms with Crippen molar-refractivity contribution in [2.45, 2.75) is 51.7 Å². The van der Waals surface area contributed by atoms with Gasteiger partial charge in [-0.05, 0) is 24.3 Å². The van der Waals surface area contributed by atoms with Gasteiger partial charge in [0, 0.05) is 25.2 Å². The van der Waals surface area contributed by atoms with Gasteiger partial charge < -0.3 is 5.32 Å². The topological polar surface area (TPSA) is 15.3 Å². The van der Waals surface area contributed by atoms with Crippen LogP contribution in [-0.4, -0.2) is 30.1 Å². The van der Waals surface area contributed by atoms with Crippen LogP contribution in [0.25, 0.3) is 0 Å². The summed E-state index contributed by atoms with van der Waals surface area (Å²) in [4.78, 5) is 2.53. The molecule has 1 heterocycles. The van der Waals surface area contributed by atoms with E-state index >= 15 is 0 Å². The fraction of sp³-hybridized carbons (Fsp3) is 0.579. The van der Waals surface area contributed by atoms with E-state index in [1.54, 1.807) is 0 Å². The lowest BCUT2D eigenvalue weighted by molar-refractivity contribution is 0.0963. The lowest BCUT2D eigenvalue weighted by atomic mass is 9.94. The van der Waals surface area contributed by atoms with Gasteiger partial charge in [0.1, 0.15) is 0 Å². The summed E-state index contributed by atoms with van der Waals surface area (Å²) in [5.74, 6) is 3.70. The van der Waals surface area contributed by atoms with Gasteiger partial charge in [-0.15, -0.1) is 6.42 Å². The van der Waals surface area contributed by atoms with E-state index in [9.17, 15) is 0 Å². The second-order valence-electron chi connectivity index (χ2n) is 6.45. The molecule has 0 bridgehead atoms. The average molecular weight is 284 g/mol. The summed E-state index contributed by atoms with van der Waals surface area (Å²) < 4.78 is 0. The maximum atomic E-state index is 5.79. The van der Waals surface area contributed by atoms with Crippen molar-refractivity contribution < 1.29 is 0 Å². The molecule has 3 atom stereocenters. The molecule has 0 radical (unpaired) electrons. The summed E-state index contributed by atoms with van der Waals surface area (Å²) in [6.07, 6.45) is 8.00. The van der Waals surface area contributed by atoms with Crippen LogP contribution in [0.5, 0.6) is 0 Å². The predicted molar refractivity (Wildman–Crippen MR) is 90.0 cm³/mol. The van der Waals surface area contributed by atoms with E-state index in [-0.39, 0.29) is 6.04 Å². The van der Waals surface area contributed by atoms with Crippen molar-refractivity contribution in [3.8, 4) is 12.3 Å². The first kappa shape index (κ1) is 16.1. The second-order valence-corrected chi connectivity index (χ2v) is 6.45. The van der Waals surface area contributed by atoms with Gasteiger partial charge >= 0.3 is 0 Å². The smallest absolute Gasteiger partial charge is 0.0715 e. The number of hydrogen-bond donors (Lipinski definition) is 1. The molecule has 2 nitrogen and oxygen atoms in total. The summed E-state index contributed by atoms with van der Waals surface area (Å²) in [6.45, 7) is 8.79. The maximum absolute atomic E-state index is 5.79. The van der Waals surface area contributed by atoms with Crippen molar-refractivity contribution in [2.24, 2.45) is 5.92 Å². The highest BCUT2D eigenvalue weighted by molar-refractivity contribution is 5.21. The van der Waals surface area contributed by atoms with E-state index in [1.807, 2.05) is 0 Å². The van der Waals surface area contributed by atoms with Gasteiger partial charge in [-0.2, -0.15) is 0 Å². The highest BCUT2D eigenvalue weighted by Gasteiger charge is 2.32. The molecular weight excluding hydrogens is 256 g/mol. The van der Waals surface area contributed by atoms with Crippen LogP contribution in [-0.2, 0) is 0 Å². The molecule has 1 aliphatic rings. The Balaban J connectivity index is 2.18. The van der Waals surface area contributed by atoms with Crippen LogP contribution in [0.15, 0.2) is 30.3 Å². The number of rotatable bonds is 5. The Labute approximate surface area is 129 Å². The minimum absolute atomic E-state index is 0.229. The van der Waals surface area contributed by atoms with Gasteiger partial charge in [0.25, 0.3) is 0 Å². The Morgan fingerprint density at radius 2 is 2.05 bits per heavy atom. The Kier molecular flexibility index (Phi) is 5.85. The molecule has 1 aromatic carbocycles. The summed E-state index contributed by atoms with van der Waals surface area (Å²) in [5, 5.41) is 3.72. The van der Waals surface area contributed by atoms with Gasteiger partial charge in [-0.25, -0.2) is 0 Å². The van der Waals surface area contributed by atoms with Crippen LogP contribution in [0.2, 0.25) is 0 Å². The van der Waals surface area contributed by atoms with Crippen LogP contribution in [0.3, 0.4) is 0 Å². The Morgan fingerprint density at radius 1 is 1.33 bits per heavy atom. The molecule has 2 rings (SSSR count). The number of piperazine rings is 1. The van der Waals surface area contributed by atoms with Gasteiger partial charge in [0.05, 0.1) is 6.04 Å². The zero-order valence-corrected chi connectivity index (χ0v) is 13.5. The van der Waals surface area contributed by atoms with Crippen LogP contribution in [0.1, 0.15) is 45.2 Å². The molecule has 2 heteroatoms. The SMILES string of the molecule is C#CC(CC)N1CC(CC(C)C)NCC1c1ccccc1. The van der Waals surface area contributed by atoms with Crippen LogP contribution in [0, 0.1) is 18.3 Å². The zero-order chi connectivity index (χ0) is 15.2. The number of nitrogens with one attached hydrogen (secondary N) is 1. The Hall–Kier alpha value is -1.30. The van der Waals surface area contributed by atoms with Crippen molar-refractivity contribution >= 4 is 0 Å². The highest BCUT2D eigenvalue weighted by atomic mass is 15.3. The lowest BCUT2D eigenvalue weighted by Crippen LogP contribution is -2.55. The molecule has 1 aliphatic heterocycles. The van der Waals surface area contributed by atoms with Crippen LogP contribution >= 0.6 is 0 Å². The molecular formula is C19H28N2. The van der Waals surface area contributed by atoms with Crippen LogP contribution < -0.4 is 5.32 Å². The molecule has 1 aromatic rings. The Bertz CT molecular complexity index is 460. The minimum Gasteiger partial charge on any atom is -0.311 e. The summed E-state index contributed by atoms with van der Waals surface area (Å²) in [6, 6.07) is 11.9. The summed E-state index contributed by atoms with van der Waals surface area (Å²) in [5.41, 5.74) is 1.36. The number of nitrogens with zero attached hydrogens (tertiary/aromatic N) is 1. The van der Waals surface area contributed by atoms with E-state index in [2.05, 4.69) is 67.2 Å².